The van der Waals surface area contributed by atoms with Gasteiger partial charge in [0.15, 0.2) is 9.84 Å². The van der Waals surface area contributed by atoms with Crippen molar-refractivity contribution in [2.24, 2.45) is 0 Å². The molecule has 1 aromatic rings. The number of nitrogens with one attached hydrogen (secondary N) is 1. The Balaban J connectivity index is 1.77. The molecule has 1 fully saturated rings. The van der Waals surface area contributed by atoms with Crippen molar-refractivity contribution in [1.82, 2.24) is 5.32 Å². The summed E-state index contributed by atoms with van der Waals surface area (Å²) < 4.78 is 22.6. The van der Waals surface area contributed by atoms with Crippen LogP contribution in [-0.4, -0.2) is 31.9 Å². The second-order valence-electron chi connectivity index (χ2n) is 5.15. The summed E-state index contributed by atoms with van der Waals surface area (Å²) in [6.07, 6.45) is 1.63. The second-order valence-corrected chi connectivity index (χ2v) is 7.38. The molecule has 5 heteroatoms. The first-order valence-corrected chi connectivity index (χ1v) is 8.32. The van der Waals surface area contributed by atoms with Crippen molar-refractivity contribution in [2.45, 2.75) is 32.2 Å². The molecule has 1 aliphatic heterocycles. The van der Waals surface area contributed by atoms with E-state index in [1.54, 1.807) is 0 Å². The number of carbonyl (C=O) groups excluding carboxylic acids is 1. The van der Waals surface area contributed by atoms with Crippen molar-refractivity contribution in [3.8, 4) is 0 Å². The third-order valence-electron chi connectivity index (χ3n) is 3.36. The molecule has 1 aromatic carbocycles. The fourth-order valence-corrected chi connectivity index (χ4v) is 3.89. The third kappa shape index (κ3) is 4.35. The van der Waals surface area contributed by atoms with Crippen LogP contribution in [0.2, 0.25) is 0 Å². The van der Waals surface area contributed by atoms with E-state index < -0.39 is 9.84 Å². The van der Waals surface area contributed by atoms with Crippen molar-refractivity contribution < 1.29 is 13.2 Å². The van der Waals surface area contributed by atoms with Gasteiger partial charge < -0.3 is 5.32 Å². The molecule has 0 bridgehead atoms. The molecule has 2 rings (SSSR count). The molecule has 1 atom stereocenters. The molecule has 1 unspecified atom stereocenters. The molecular weight excluding hydrogens is 262 g/mol. The van der Waals surface area contributed by atoms with Crippen LogP contribution in [0.3, 0.4) is 0 Å². The number of carbonyl (C=O) groups is 1. The molecule has 1 amide bonds. The Morgan fingerprint density at radius 2 is 2.00 bits per heavy atom. The fourth-order valence-electron chi connectivity index (χ4n) is 2.22. The predicted molar refractivity (Wildman–Crippen MR) is 74.7 cm³/mol. The van der Waals surface area contributed by atoms with E-state index in [1.165, 1.54) is 5.56 Å². The summed E-state index contributed by atoms with van der Waals surface area (Å²) in [5, 5.41) is 2.80. The number of rotatable bonds is 4. The van der Waals surface area contributed by atoms with Crippen LogP contribution in [0.15, 0.2) is 24.3 Å². The lowest BCUT2D eigenvalue weighted by atomic mass is 10.1. The topological polar surface area (TPSA) is 63.2 Å². The first kappa shape index (κ1) is 14.1. The highest BCUT2D eigenvalue weighted by Gasteiger charge is 2.28. The predicted octanol–water partition coefficient (Wildman–Crippen LogP) is 1.23. The fraction of sp³-hybridized carbons (Fsp3) is 0.500. The van der Waals surface area contributed by atoms with Gasteiger partial charge in [-0.05, 0) is 25.3 Å². The molecule has 0 radical (unpaired) electrons. The summed E-state index contributed by atoms with van der Waals surface area (Å²) in [4.78, 5) is 11.7. The zero-order chi connectivity index (χ0) is 13.9. The van der Waals surface area contributed by atoms with E-state index >= 15 is 0 Å². The highest BCUT2D eigenvalue weighted by Crippen LogP contribution is 2.12. The Bertz CT molecular complexity index is 549. The minimum Gasteiger partial charge on any atom is -0.352 e. The van der Waals surface area contributed by atoms with E-state index in [1.807, 2.05) is 31.2 Å². The van der Waals surface area contributed by atoms with Gasteiger partial charge in [-0.1, -0.05) is 29.8 Å². The lowest BCUT2D eigenvalue weighted by Crippen LogP contribution is -2.35. The van der Waals surface area contributed by atoms with Crippen molar-refractivity contribution in [2.75, 3.05) is 11.5 Å². The number of benzene rings is 1. The van der Waals surface area contributed by atoms with Gasteiger partial charge in [-0.25, -0.2) is 8.42 Å². The molecule has 1 aliphatic rings. The normalized spacial score (nSPS) is 21.2. The van der Waals surface area contributed by atoms with E-state index in [9.17, 15) is 13.2 Å². The first-order valence-electron chi connectivity index (χ1n) is 6.50. The molecule has 0 saturated carbocycles. The van der Waals surface area contributed by atoms with E-state index in [0.717, 1.165) is 5.56 Å². The van der Waals surface area contributed by atoms with Crippen LogP contribution < -0.4 is 5.32 Å². The van der Waals surface area contributed by atoms with Gasteiger partial charge in [0.25, 0.3) is 0 Å². The SMILES string of the molecule is Cc1ccc(CCC(=O)NC2CCS(=O)(=O)C2)cc1. The second kappa shape index (κ2) is 5.74. The Hall–Kier alpha value is -1.36. The van der Waals surface area contributed by atoms with E-state index in [2.05, 4.69) is 5.32 Å². The number of aryl methyl sites for hydroxylation is 2. The minimum atomic E-state index is -2.93. The maximum absolute atomic E-state index is 11.7. The van der Waals surface area contributed by atoms with Crippen molar-refractivity contribution >= 4 is 15.7 Å². The monoisotopic (exact) mass is 281 g/mol. The summed E-state index contributed by atoms with van der Waals surface area (Å²) in [6.45, 7) is 2.02. The van der Waals surface area contributed by atoms with Crippen LogP contribution >= 0.6 is 0 Å². The van der Waals surface area contributed by atoms with Crippen LogP contribution in [0, 0.1) is 6.92 Å². The van der Waals surface area contributed by atoms with E-state index in [4.69, 9.17) is 0 Å². The summed E-state index contributed by atoms with van der Waals surface area (Å²) >= 11 is 0. The van der Waals surface area contributed by atoms with Gasteiger partial charge >= 0.3 is 0 Å². The van der Waals surface area contributed by atoms with Crippen molar-refractivity contribution in [3.63, 3.8) is 0 Å². The number of hydrogen-bond donors (Lipinski definition) is 1. The van der Waals surface area contributed by atoms with Gasteiger partial charge in [0.2, 0.25) is 5.91 Å². The summed E-state index contributed by atoms with van der Waals surface area (Å²) in [5.74, 6) is 0.210. The Morgan fingerprint density at radius 3 is 2.58 bits per heavy atom. The van der Waals surface area contributed by atoms with Crippen LogP contribution in [0.5, 0.6) is 0 Å². The van der Waals surface area contributed by atoms with E-state index in [-0.39, 0.29) is 23.5 Å². The average Bonchev–Trinajstić information content (AvgIpc) is 2.68. The van der Waals surface area contributed by atoms with Crippen molar-refractivity contribution in [3.05, 3.63) is 35.4 Å². The highest BCUT2D eigenvalue weighted by atomic mass is 32.2. The smallest absolute Gasteiger partial charge is 0.220 e. The van der Waals surface area contributed by atoms with Gasteiger partial charge in [0.05, 0.1) is 11.5 Å². The Kier molecular flexibility index (Phi) is 4.24. The molecule has 1 saturated heterocycles. The van der Waals surface area contributed by atoms with Crippen LogP contribution in [0.25, 0.3) is 0 Å². The van der Waals surface area contributed by atoms with Gasteiger partial charge in [0.1, 0.15) is 0 Å². The summed E-state index contributed by atoms with van der Waals surface area (Å²) in [5.41, 5.74) is 2.32. The first-order chi connectivity index (χ1) is 8.94. The number of amides is 1. The Morgan fingerprint density at radius 1 is 1.32 bits per heavy atom. The van der Waals surface area contributed by atoms with E-state index in [0.29, 0.717) is 19.3 Å². The van der Waals surface area contributed by atoms with Crippen LogP contribution in [-0.2, 0) is 21.1 Å². The number of sulfone groups is 1. The lowest BCUT2D eigenvalue weighted by molar-refractivity contribution is -0.121. The minimum absolute atomic E-state index is 0.0670. The molecular formula is C14H19NO3S. The molecule has 104 valence electrons. The molecule has 0 aromatic heterocycles. The van der Waals surface area contributed by atoms with Crippen LogP contribution in [0.4, 0.5) is 0 Å². The largest absolute Gasteiger partial charge is 0.352 e. The Labute approximate surface area is 114 Å². The van der Waals surface area contributed by atoms with Gasteiger partial charge in [0, 0.05) is 12.5 Å². The molecule has 1 heterocycles. The molecule has 1 N–H and O–H groups in total. The molecule has 0 aliphatic carbocycles. The lowest BCUT2D eigenvalue weighted by Gasteiger charge is -2.10. The highest BCUT2D eigenvalue weighted by molar-refractivity contribution is 7.91. The van der Waals surface area contributed by atoms with Crippen LogP contribution in [0.1, 0.15) is 24.0 Å². The standard InChI is InChI=1S/C14H19NO3S/c1-11-2-4-12(5-3-11)6-7-14(16)15-13-8-9-19(17,18)10-13/h2-5,13H,6-10H2,1H3,(H,15,16). The van der Waals surface area contributed by atoms with Gasteiger partial charge in [-0.2, -0.15) is 0 Å². The molecule has 0 spiro atoms. The zero-order valence-electron chi connectivity index (χ0n) is 11.1. The van der Waals surface area contributed by atoms with Gasteiger partial charge in [-0.3, -0.25) is 4.79 Å². The summed E-state index contributed by atoms with van der Waals surface area (Å²) in [6, 6.07) is 7.88. The maximum atomic E-state index is 11.7. The van der Waals surface area contributed by atoms with Gasteiger partial charge in [-0.15, -0.1) is 0 Å². The summed E-state index contributed by atoms with van der Waals surface area (Å²) in [7, 11) is -2.93. The molecule has 4 nitrogen and oxygen atoms in total. The molecule has 19 heavy (non-hydrogen) atoms. The number of hydrogen-bond acceptors (Lipinski definition) is 3. The average molecular weight is 281 g/mol. The quantitative estimate of drug-likeness (QED) is 0.903. The third-order valence-corrected chi connectivity index (χ3v) is 5.13. The van der Waals surface area contributed by atoms with Crippen molar-refractivity contribution in [1.29, 1.82) is 0 Å². The zero-order valence-corrected chi connectivity index (χ0v) is 11.9. The maximum Gasteiger partial charge on any atom is 0.220 e.